The Morgan fingerprint density at radius 3 is 3.07 bits per heavy atom. The number of aryl methyl sites for hydroxylation is 1. The molecule has 2 aromatic heterocycles. The molecule has 0 aromatic carbocycles. The van der Waals surface area contributed by atoms with E-state index < -0.39 is 0 Å². The molecule has 0 amide bonds. The van der Waals surface area contributed by atoms with Crippen LogP contribution >= 0.6 is 0 Å². The van der Waals surface area contributed by atoms with Crippen molar-refractivity contribution >= 4 is 0 Å². The molecule has 0 aliphatic heterocycles. The lowest BCUT2D eigenvalue weighted by atomic mass is 10.3. The van der Waals surface area contributed by atoms with Crippen LogP contribution in [0.5, 0.6) is 0 Å². The Hall–Kier alpha value is -1.75. The highest BCUT2D eigenvalue weighted by atomic mass is 15.2. The van der Waals surface area contributed by atoms with Gasteiger partial charge in [-0.05, 0) is 25.1 Å². The minimum Gasteiger partial charge on any atom is -0.330 e. The van der Waals surface area contributed by atoms with Crippen LogP contribution in [-0.2, 0) is 6.42 Å². The zero-order valence-electron chi connectivity index (χ0n) is 8.59. The summed E-state index contributed by atoms with van der Waals surface area (Å²) in [7, 11) is 0. The molecule has 0 fully saturated rings. The summed E-state index contributed by atoms with van der Waals surface area (Å²) in [5.41, 5.74) is 6.58. The van der Waals surface area contributed by atoms with E-state index in [2.05, 4.69) is 15.2 Å². The Kier molecular flexibility index (Phi) is 2.73. The average Bonchev–Trinajstić information content (AvgIpc) is 2.66. The van der Waals surface area contributed by atoms with Gasteiger partial charge in [0.2, 0.25) is 0 Å². The van der Waals surface area contributed by atoms with Gasteiger partial charge in [-0.25, -0.2) is 4.98 Å². The predicted molar refractivity (Wildman–Crippen MR) is 56.6 cm³/mol. The Morgan fingerprint density at radius 1 is 1.47 bits per heavy atom. The van der Waals surface area contributed by atoms with E-state index in [1.165, 1.54) is 0 Å². The van der Waals surface area contributed by atoms with Crippen LogP contribution in [0.3, 0.4) is 0 Å². The summed E-state index contributed by atoms with van der Waals surface area (Å²) in [4.78, 5) is 4.23. The Labute approximate surface area is 88.0 Å². The first-order valence-corrected chi connectivity index (χ1v) is 4.83. The van der Waals surface area contributed by atoms with E-state index in [4.69, 9.17) is 5.73 Å². The van der Waals surface area contributed by atoms with E-state index in [-0.39, 0.29) is 0 Å². The van der Waals surface area contributed by atoms with Crippen LogP contribution in [0.15, 0.2) is 24.7 Å². The predicted octanol–water partition coefficient (Wildman–Crippen LogP) is 0.472. The van der Waals surface area contributed by atoms with Crippen LogP contribution in [0.4, 0.5) is 0 Å². The lowest BCUT2D eigenvalue weighted by molar-refractivity contribution is 0.804. The summed E-state index contributed by atoms with van der Waals surface area (Å²) in [6, 6.07) is 1.97. The highest BCUT2D eigenvalue weighted by Gasteiger charge is 2.05. The standard InChI is InChI=1S/C10H13N5/c1-8-6-10(14-13-7-8)15-5-4-12-9(15)2-3-11/h4-7H,2-3,11H2,1H3. The maximum absolute atomic E-state index is 5.51. The van der Waals surface area contributed by atoms with Crippen molar-refractivity contribution in [3.05, 3.63) is 36.0 Å². The number of imidazole rings is 1. The molecule has 0 aliphatic carbocycles. The molecule has 0 atom stereocenters. The molecule has 2 aromatic rings. The van der Waals surface area contributed by atoms with Crippen LogP contribution in [-0.4, -0.2) is 26.3 Å². The van der Waals surface area contributed by atoms with Crippen molar-refractivity contribution in [3.63, 3.8) is 0 Å². The van der Waals surface area contributed by atoms with Crippen LogP contribution in [0, 0.1) is 6.92 Å². The maximum Gasteiger partial charge on any atom is 0.160 e. The van der Waals surface area contributed by atoms with Gasteiger partial charge in [0.25, 0.3) is 0 Å². The van der Waals surface area contributed by atoms with E-state index in [9.17, 15) is 0 Å². The highest BCUT2D eigenvalue weighted by molar-refractivity contribution is 5.26. The second kappa shape index (κ2) is 4.18. The van der Waals surface area contributed by atoms with Gasteiger partial charge in [-0.3, -0.25) is 4.57 Å². The quantitative estimate of drug-likeness (QED) is 0.787. The number of hydrogen-bond donors (Lipinski definition) is 1. The minimum atomic E-state index is 0.580. The summed E-state index contributed by atoms with van der Waals surface area (Å²) >= 11 is 0. The van der Waals surface area contributed by atoms with Crippen LogP contribution < -0.4 is 5.73 Å². The number of nitrogens with two attached hydrogens (primary N) is 1. The molecule has 2 rings (SSSR count). The van der Waals surface area contributed by atoms with E-state index in [0.717, 1.165) is 23.6 Å². The van der Waals surface area contributed by atoms with Gasteiger partial charge in [0.15, 0.2) is 5.82 Å². The molecule has 0 unspecified atom stereocenters. The average molecular weight is 203 g/mol. The van der Waals surface area contributed by atoms with Crippen molar-refractivity contribution in [1.29, 1.82) is 0 Å². The van der Waals surface area contributed by atoms with Crippen molar-refractivity contribution in [2.75, 3.05) is 6.54 Å². The molecule has 0 saturated carbocycles. The molecule has 0 bridgehead atoms. The zero-order valence-corrected chi connectivity index (χ0v) is 8.59. The van der Waals surface area contributed by atoms with Gasteiger partial charge < -0.3 is 5.73 Å². The lowest BCUT2D eigenvalue weighted by Crippen LogP contribution is -2.10. The van der Waals surface area contributed by atoms with E-state index in [1.807, 2.05) is 23.8 Å². The second-order valence-corrected chi connectivity index (χ2v) is 3.34. The van der Waals surface area contributed by atoms with Crippen molar-refractivity contribution in [1.82, 2.24) is 19.7 Å². The molecular weight excluding hydrogens is 190 g/mol. The number of rotatable bonds is 3. The SMILES string of the molecule is Cc1cnnc(-n2ccnc2CCN)c1. The molecule has 5 nitrogen and oxygen atoms in total. The molecule has 0 saturated heterocycles. The topological polar surface area (TPSA) is 69.6 Å². The zero-order chi connectivity index (χ0) is 10.7. The van der Waals surface area contributed by atoms with Crippen molar-refractivity contribution < 1.29 is 0 Å². The summed E-state index contributed by atoms with van der Waals surface area (Å²) in [5.74, 6) is 1.70. The molecular formula is C10H13N5. The summed E-state index contributed by atoms with van der Waals surface area (Å²) in [6.45, 7) is 2.56. The lowest BCUT2D eigenvalue weighted by Gasteiger charge is -2.05. The summed E-state index contributed by atoms with van der Waals surface area (Å²) in [6.07, 6.45) is 6.08. The Morgan fingerprint density at radius 2 is 2.33 bits per heavy atom. The van der Waals surface area contributed by atoms with E-state index in [1.54, 1.807) is 12.4 Å². The van der Waals surface area contributed by atoms with Crippen LogP contribution in [0.2, 0.25) is 0 Å². The van der Waals surface area contributed by atoms with Crippen LogP contribution in [0.25, 0.3) is 5.82 Å². The van der Waals surface area contributed by atoms with Gasteiger partial charge >= 0.3 is 0 Å². The van der Waals surface area contributed by atoms with E-state index in [0.29, 0.717) is 6.54 Å². The van der Waals surface area contributed by atoms with Crippen molar-refractivity contribution in [2.24, 2.45) is 5.73 Å². The number of nitrogens with zero attached hydrogens (tertiary/aromatic N) is 4. The molecule has 0 radical (unpaired) electrons. The Bertz CT molecular complexity index is 449. The summed E-state index contributed by atoms with van der Waals surface area (Å²) in [5, 5.41) is 7.97. The minimum absolute atomic E-state index is 0.580. The second-order valence-electron chi connectivity index (χ2n) is 3.34. The van der Waals surface area contributed by atoms with Gasteiger partial charge in [0.1, 0.15) is 5.82 Å². The molecule has 78 valence electrons. The third kappa shape index (κ3) is 2.02. The first-order chi connectivity index (χ1) is 7.31. The fourth-order valence-electron chi connectivity index (χ4n) is 1.42. The molecule has 2 N–H and O–H groups in total. The molecule has 15 heavy (non-hydrogen) atoms. The number of aromatic nitrogens is 4. The monoisotopic (exact) mass is 203 g/mol. The molecule has 0 spiro atoms. The Balaban J connectivity index is 2.40. The van der Waals surface area contributed by atoms with Crippen molar-refractivity contribution in [2.45, 2.75) is 13.3 Å². The molecule has 0 aliphatic rings. The smallest absolute Gasteiger partial charge is 0.160 e. The maximum atomic E-state index is 5.51. The van der Waals surface area contributed by atoms with Crippen molar-refractivity contribution in [3.8, 4) is 5.82 Å². The first kappa shape index (κ1) is 9.79. The van der Waals surface area contributed by atoms with Gasteiger partial charge in [-0.1, -0.05) is 0 Å². The van der Waals surface area contributed by atoms with E-state index >= 15 is 0 Å². The van der Waals surface area contributed by atoms with Crippen LogP contribution in [0.1, 0.15) is 11.4 Å². The highest BCUT2D eigenvalue weighted by Crippen LogP contribution is 2.08. The summed E-state index contributed by atoms with van der Waals surface area (Å²) < 4.78 is 1.91. The third-order valence-electron chi connectivity index (χ3n) is 2.11. The number of hydrogen-bond acceptors (Lipinski definition) is 4. The molecule has 5 heteroatoms. The largest absolute Gasteiger partial charge is 0.330 e. The van der Waals surface area contributed by atoms with Gasteiger partial charge in [-0.2, -0.15) is 5.10 Å². The molecule has 2 heterocycles. The van der Waals surface area contributed by atoms with Gasteiger partial charge in [-0.15, -0.1) is 5.10 Å². The third-order valence-corrected chi connectivity index (χ3v) is 2.11. The fraction of sp³-hybridized carbons (Fsp3) is 0.300. The van der Waals surface area contributed by atoms with Gasteiger partial charge in [0, 0.05) is 18.8 Å². The fourth-order valence-corrected chi connectivity index (χ4v) is 1.42. The normalized spacial score (nSPS) is 10.5. The van der Waals surface area contributed by atoms with Gasteiger partial charge in [0.05, 0.1) is 6.20 Å². The first-order valence-electron chi connectivity index (χ1n) is 4.83.